The monoisotopic (exact) mass is 550 g/mol. The van der Waals surface area contributed by atoms with Gasteiger partial charge in [-0.3, -0.25) is 9.59 Å². The summed E-state index contributed by atoms with van der Waals surface area (Å²) in [6.45, 7) is 2.12. The minimum atomic E-state index is -1.20. The number of aromatic nitrogens is 1. The van der Waals surface area contributed by atoms with Gasteiger partial charge in [-0.05, 0) is 47.7 Å². The van der Waals surface area contributed by atoms with E-state index in [0.29, 0.717) is 11.1 Å². The van der Waals surface area contributed by atoms with E-state index in [1.54, 1.807) is 29.8 Å². The molecule has 0 saturated carbocycles. The molecule has 0 aliphatic heterocycles. The van der Waals surface area contributed by atoms with Crippen molar-refractivity contribution < 1.29 is 14.7 Å². The number of carbonyl (C=O) groups is 2. The highest BCUT2D eigenvalue weighted by molar-refractivity contribution is 6.39. The van der Waals surface area contributed by atoms with Crippen molar-refractivity contribution in [2.45, 2.75) is 38.6 Å². The maximum Gasteiger partial charge on any atom is 0.326 e. The summed E-state index contributed by atoms with van der Waals surface area (Å²) in [5.74, 6) is -1.85. The van der Waals surface area contributed by atoms with Crippen LogP contribution in [0.1, 0.15) is 41.3 Å². The minimum Gasteiger partial charge on any atom is -0.480 e. The van der Waals surface area contributed by atoms with Gasteiger partial charge in [-0.15, -0.1) is 0 Å². The van der Waals surface area contributed by atoms with E-state index in [2.05, 4.69) is 12.2 Å². The van der Waals surface area contributed by atoms with E-state index in [-0.39, 0.29) is 27.6 Å². The molecule has 1 amide bonds. The third-order valence-corrected chi connectivity index (χ3v) is 7.30. The van der Waals surface area contributed by atoms with Gasteiger partial charge in [0.1, 0.15) is 6.04 Å². The Bertz CT molecular complexity index is 1540. The number of aryl methyl sites for hydroxylation is 2. The molecule has 0 radical (unpaired) electrons. The molecule has 0 fully saturated rings. The maximum absolute atomic E-state index is 13.4. The number of fused-ring (bicyclic) bond motifs is 1. The van der Waals surface area contributed by atoms with Crippen LogP contribution in [0.5, 0.6) is 0 Å². The molecule has 2 N–H and O–H groups in total. The summed E-state index contributed by atoms with van der Waals surface area (Å²) in [6.07, 6.45) is 2.78. The van der Waals surface area contributed by atoms with Crippen LogP contribution in [0.4, 0.5) is 0 Å². The topological polar surface area (TPSA) is 88.4 Å². The van der Waals surface area contributed by atoms with E-state index in [0.717, 1.165) is 41.3 Å². The van der Waals surface area contributed by atoms with Gasteiger partial charge in [-0.25, -0.2) is 4.79 Å². The second kappa shape index (κ2) is 11.8. The number of rotatable bonds is 9. The lowest BCUT2D eigenvalue weighted by molar-refractivity contribution is -0.139. The zero-order valence-corrected chi connectivity index (χ0v) is 22.6. The van der Waals surface area contributed by atoms with Crippen LogP contribution >= 0.6 is 23.2 Å². The first kappa shape index (κ1) is 27.4. The predicted octanol–water partition coefficient (Wildman–Crippen LogP) is 6.28. The number of carbonyl (C=O) groups excluding carboxylic acids is 1. The van der Waals surface area contributed by atoms with Gasteiger partial charge in [-0.2, -0.15) is 0 Å². The molecule has 4 rings (SSSR count). The molecule has 8 heteroatoms. The molecular weight excluding hydrogens is 523 g/mol. The summed E-state index contributed by atoms with van der Waals surface area (Å²) in [5.41, 5.74) is 3.99. The van der Waals surface area contributed by atoms with Gasteiger partial charge in [0, 0.05) is 18.9 Å². The second-order valence-electron chi connectivity index (χ2n) is 9.20. The number of nitrogens with one attached hydrogen (secondary N) is 1. The largest absolute Gasteiger partial charge is 0.480 e. The van der Waals surface area contributed by atoms with Crippen molar-refractivity contribution in [1.82, 2.24) is 9.88 Å². The van der Waals surface area contributed by atoms with Gasteiger partial charge in [0.05, 0.1) is 26.7 Å². The van der Waals surface area contributed by atoms with E-state index >= 15 is 0 Å². The molecule has 1 aromatic heterocycles. The van der Waals surface area contributed by atoms with Gasteiger partial charge in [0.15, 0.2) is 0 Å². The first-order chi connectivity index (χ1) is 18.2. The molecule has 38 heavy (non-hydrogen) atoms. The van der Waals surface area contributed by atoms with Crippen molar-refractivity contribution >= 4 is 46.0 Å². The first-order valence-corrected chi connectivity index (χ1v) is 13.2. The zero-order chi connectivity index (χ0) is 27.4. The number of carboxylic acids is 1. The van der Waals surface area contributed by atoms with Crippen molar-refractivity contribution in [3.8, 4) is 11.1 Å². The molecule has 0 spiro atoms. The van der Waals surface area contributed by atoms with Gasteiger partial charge >= 0.3 is 5.97 Å². The van der Waals surface area contributed by atoms with Crippen LogP contribution in [-0.2, 0) is 24.7 Å². The van der Waals surface area contributed by atoms with Gasteiger partial charge < -0.3 is 15.0 Å². The molecule has 196 valence electrons. The van der Waals surface area contributed by atoms with E-state index in [1.165, 1.54) is 12.1 Å². The number of aliphatic carboxylic acids is 1. The Balaban J connectivity index is 1.65. The molecule has 0 aliphatic rings. The highest BCUT2D eigenvalue weighted by Crippen LogP contribution is 2.29. The fraction of sp³-hybridized carbons (Fsp3) is 0.233. The van der Waals surface area contributed by atoms with Gasteiger partial charge in [-0.1, -0.05) is 85.1 Å². The fourth-order valence-electron chi connectivity index (χ4n) is 4.66. The molecule has 0 bridgehead atoms. The van der Waals surface area contributed by atoms with Crippen molar-refractivity contribution in [2.75, 3.05) is 0 Å². The lowest BCUT2D eigenvalue weighted by atomic mass is 9.92. The number of amides is 1. The van der Waals surface area contributed by atoms with Crippen LogP contribution in [0.25, 0.3) is 22.0 Å². The molecule has 0 unspecified atom stereocenters. The van der Waals surface area contributed by atoms with Crippen LogP contribution in [0, 0.1) is 0 Å². The van der Waals surface area contributed by atoms with Gasteiger partial charge in [0.25, 0.3) is 11.5 Å². The Morgan fingerprint density at radius 3 is 2.26 bits per heavy atom. The average molecular weight is 551 g/mol. The van der Waals surface area contributed by atoms with Crippen molar-refractivity contribution in [3.05, 3.63) is 104 Å². The Morgan fingerprint density at radius 1 is 0.974 bits per heavy atom. The number of hydrogen-bond acceptors (Lipinski definition) is 3. The fourth-order valence-corrected chi connectivity index (χ4v) is 5.23. The SMILES string of the molecule is CCCCc1c(-c2ccc(C[C@H](NC(=O)c3c(Cl)cccc3Cl)C(=O)O)cc2)c(=O)n(C)c2ccccc12. The smallest absolute Gasteiger partial charge is 0.326 e. The quantitative estimate of drug-likeness (QED) is 0.256. The first-order valence-electron chi connectivity index (χ1n) is 12.4. The number of nitrogens with zero attached hydrogens (tertiary/aromatic N) is 1. The molecule has 4 aromatic rings. The number of halogens is 2. The number of para-hydroxylation sites is 1. The highest BCUT2D eigenvalue weighted by atomic mass is 35.5. The third-order valence-electron chi connectivity index (χ3n) is 6.67. The third kappa shape index (κ3) is 5.62. The summed E-state index contributed by atoms with van der Waals surface area (Å²) in [5, 5.41) is 13.6. The number of hydrogen-bond donors (Lipinski definition) is 2. The molecule has 1 heterocycles. The zero-order valence-electron chi connectivity index (χ0n) is 21.1. The molecule has 1 atom stereocenters. The maximum atomic E-state index is 13.4. The summed E-state index contributed by atoms with van der Waals surface area (Å²) < 4.78 is 1.67. The van der Waals surface area contributed by atoms with Gasteiger partial charge in [0.2, 0.25) is 0 Å². The van der Waals surface area contributed by atoms with Crippen molar-refractivity contribution in [1.29, 1.82) is 0 Å². The summed E-state index contributed by atoms with van der Waals surface area (Å²) in [4.78, 5) is 38.2. The Morgan fingerprint density at radius 2 is 1.63 bits per heavy atom. The lowest BCUT2D eigenvalue weighted by Crippen LogP contribution is -2.42. The standard InChI is InChI=1S/C30H28Cl2N2O4/c1-3-4-8-21-20-9-5-6-12-25(20)34(2)29(36)26(21)19-15-13-18(14-16-19)17-24(30(37)38)33-28(35)27-22(31)10-7-11-23(27)32/h5-7,9-16,24H,3-4,8,17H2,1-2H3,(H,33,35)(H,37,38)/t24-/m0/s1. The Labute approximate surface area is 230 Å². The van der Waals surface area contributed by atoms with Crippen LogP contribution < -0.4 is 10.9 Å². The van der Waals surface area contributed by atoms with Crippen LogP contribution in [0.15, 0.2) is 71.5 Å². The number of benzene rings is 3. The summed E-state index contributed by atoms with van der Waals surface area (Å²) in [7, 11) is 1.78. The predicted molar refractivity (Wildman–Crippen MR) is 152 cm³/mol. The molecular formula is C30H28Cl2N2O4. The normalized spacial score (nSPS) is 11.9. The number of carboxylic acid groups (broad SMARTS) is 1. The van der Waals surface area contributed by atoms with E-state index < -0.39 is 17.9 Å². The number of pyridine rings is 1. The van der Waals surface area contributed by atoms with Crippen LogP contribution in [0.3, 0.4) is 0 Å². The second-order valence-corrected chi connectivity index (χ2v) is 10.0. The van der Waals surface area contributed by atoms with E-state index in [9.17, 15) is 19.5 Å². The lowest BCUT2D eigenvalue weighted by Gasteiger charge is -2.17. The van der Waals surface area contributed by atoms with E-state index in [4.69, 9.17) is 23.2 Å². The van der Waals surface area contributed by atoms with E-state index in [1.807, 2.05) is 36.4 Å². The molecule has 0 aliphatic carbocycles. The Kier molecular flexibility index (Phi) is 8.55. The molecule has 3 aromatic carbocycles. The minimum absolute atomic E-state index is 0.0317. The Hall–Kier alpha value is -3.61. The van der Waals surface area contributed by atoms with Crippen molar-refractivity contribution in [3.63, 3.8) is 0 Å². The highest BCUT2D eigenvalue weighted by Gasteiger charge is 2.24. The van der Waals surface area contributed by atoms with Crippen LogP contribution in [-0.4, -0.2) is 27.6 Å². The summed E-state index contributed by atoms with van der Waals surface area (Å²) >= 11 is 12.2. The molecule has 6 nitrogen and oxygen atoms in total. The summed E-state index contributed by atoms with van der Waals surface area (Å²) in [6, 6.07) is 18.6. The average Bonchev–Trinajstić information content (AvgIpc) is 2.90. The molecule has 0 saturated heterocycles. The number of unbranched alkanes of at least 4 members (excludes halogenated alkanes) is 1. The van der Waals surface area contributed by atoms with Crippen molar-refractivity contribution in [2.24, 2.45) is 7.05 Å². The van der Waals surface area contributed by atoms with Crippen LogP contribution in [0.2, 0.25) is 10.0 Å².